The first kappa shape index (κ1) is 20.6. The van der Waals surface area contributed by atoms with Crippen LogP contribution in [0.1, 0.15) is 12.8 Å². The van der Waals surface area contributed by atoms with E-state index >= 15 is 0 Å². The maximum absolute atomic E-state index is 12.2. The maximum Gasteiger partial charge on any atom is 0.573 e. The summed E-state index contributed by atoms with van der Waals surface area (Å²) in [5, 5.41) is 0.517. The molecule has 1 aliphatic carbocycles. The lowest BCUT2D eigenvalue weighted by molar-refractivity contribution is -0.274. The fourth-order valence-electron chi connectivity index (χ4n) is 2.51. The van der Waals surface area contributed by atoms with Crippen molar-refractivity contribution in [3.63, 3.8) is 0 Å². The van der Waals surface area contributed by atoms with Gasteiger partial charge in [0.05, 0.1) is 16.8 Å². The minimum Gasteiger partial charge on any atom is -0.489 e. The molecule has 1 fully saturated rings. The third-order valence-electron chi connectivity index (χ3n) is 4.04. The number of halogens is 4. The van der Waals surface area contributed by atoms with Crippen LogP contribution in [-0.2, 0) is 0 Å². The largest absolute Gasteiger partial charge is 0.573 e. The Kier molecular flexibility index (Phi) is 5.92. The molecule has 5 nitrogen and oxygen atoms in total. The Bertz CT molecular complexity index is 1030. The van der Waals surface area contributed by atoms with Crippen LogP contribution in [0.3, 0.4) is 0 Å². The van der Waals surface area contributed by atoms with Gasteiger partial charge in [-0.15, -0.1) is 13.2 Å². The van der Waals surface area contributed by atoms with Gasteiger partial charge in [0.15, 0.2) is 0 Å². The smallest absolute Gasteiger partial charge is 0.489 e. The molecule has 1 N–H and O–H groups in total. The summed E-state index contributed by atoms with van der Waals surface area (Å²) >= 11 is 7.52. The second-order valence-electron chi connectivity index (χ2n) is 6.47. The minimum absolute atomic E-state index is 0.259. The molecule has 156 valence electrons. The van der Waals surface area contributed by atoms with Crippen molar-refractivity contribution in [1.29, 1.82) is 0 Å². The molecule has 3 aromatic rings. The highest BCUT2D eigenvalue weighted by Gasteiger charge is 2.31. The van der Waals surface area contributed by atoms with Crippen molar-refractivity contribution in [3.8, 4) is 22.8 Å². The molecule has 0 radical (unpaired) electrons. The SMILES string of the molecule is FC(F)(F)Oc1ccc(SNc2cc(-c3ccc(OC4CC4)c(Cl)c3)ncn2)cc1. The standard InChI is InChI=1S/C20H15ClF3N3O2S/c21-16-9-12(1-8-18(16)28-13-2-3-13)17-10-19(26-11-25-17)27-30-15-6-4-14(5-7-15)29-20(22,23)24/h1,4-11,13H,2-3H2,(H,25,26,27). The van der Waals surface area contributed by atoms with Crippen LogP contribution in [0.5, 0.6) is 11.5 Å². The number of anilines is 1. The topological polar surface area (TPSA) is 56.3 Å². The van der Waals surface area contributed by atoms with Crippen LogP contribution in [0, 0.1) is 0 Å². The molecule has 1 heterocycles. The number of benzene rings is 2. The zero-order valence-corrected chi connectivity index (χ0v) is 16.9. The fraction of sp³-hybridized carbons (Fsp3) is 0.200. The van der Waals surface area contributed by atoms with Gasteiger partial charge in [-0.25, -0.2) is 9.97 Å². The van der Waals surface area contributed by atoms with Gasteiger partial charge in [-0.3, -0.25) is 0 Å². The molecule has 1 aliphatic rings. The first-order chi connectivity index (χ1) is 14.4. The molecule has 2 aromatic carbocycles. The average molecular weight is 454 g/mol. The first-order valence-corrected chi connectivity index (χ1v) is 10.1. The predicted molar refractivity (Wildman–Crippen MR) is 109 cm³/mol. The van der Waals surface area contributed by atoms with E-state index in [1.54, 1.807) is 12.1 Å². The predicted octanol–water partition coefficient (Wildman–Crippen LogP) is 6.36. The normalized spacial score (nSPS) is 13.7. The Balaban J connectivity index is 1.40. The molecular weight excluding hydrogens is 439 g/mol. The van der Waals surface area contributed by atoms with Crippen molar-refractivity contribution in [1.82, 2.24) is 9.97 Å². The van der Waals surface area contributed by atoms with Crippen LogP contribution >= 0.6 is 23.5 Å². The van der Waals surface area contributed by atoms with E-state index in [0.29, 0.717) is 27.2 Å². The Hall–Kier alpha value is -2.65. The second kappa shape index (κ2) is 8.61. The number of rotatable bonds is 7. The van der Waals surface area contributed by atoms with E-state index in [0.717, 1.165) is 18.4 Å². The second-order valence-corrected chi connectivity index (χ2v) is 7.76. The van der Waals surface area contributed by atoms with E-state index in [-0.39, 0.29) is 11.9 Å². The van der Waals surface area contributed by atoms with Gasteiger partial charge in [-0.1, -0.05) is 11.6 Å². The molecule has 0 aliphatic heterocycles. The average Bonchev–Trinajstić information content (AvgIpc) is 3.52. The summed E-state index contributed by atoms with van der Waals surface area (Å²) in [5.74, 6) is 0.918. The van der Waals surface area contributed by atoms with E-state index < -0.39 is 6.36 Å². The number of nitrogens with zero attached hydrogens (tertiary/aromatic N) is 2. The first-order valence-electron chi connectivity index (χ1n) is 8.93. The quantitative estimate of drug-likeness (QED) is 0.420. The van der Waals surface area contributed by atoms with Gasteiger partial charge in [0.2, 0.25) is 0 Å². The van der Waals surface area contributed by atoms with Crippen molar-refractivity contribution in [2.75, 3.05) is 4.72 Å². The molecule has 0 saturated heterocycles. The molecule has 0 amide bonds. The fourth-order valence-corrected chi connectivity index (χ4v) is 3.34. The van der Waals surface area contributed by atoms with Crippen LogP contribution in [0.15, 0.2) is 59.8 Å². The highest BCUT2D eigenvalue weighted by molar-refractivity contribution is 8.00. The van der Waals surface area contributed by atoms with E-state index in [2.05, 4.69) is 19.4 Å². The van der Waals surface area contributed by atoms with Gasteiger partial charge in [-0.2, -0.15) is 0 Å². The van der Waals surface area contributed by atoms with Crippen molar-refractivity contribution in [3.05, 3.63) is 59.9 Å². The summed E-state index contributed by atoms with van der Waals surface area (Å²) in [4.78, 5) is 9.12. The lowest BCUT2D eigenvalue weighted by atomic mass is 10.1. The minimum atomic E-state index is -4.71. The Labute approximate surface area is 179 Å². The molecule has 0 spiro atoms. The van der Waals surface area contributed by atoms with Gasteiger partial charge in [0, 0.05) is 16.5 Å². The summed E-state index contributed by atoms with van der Waals surface area (Å²) in [6.45, 7) is 0. The molecule has 10 heteroatoms. The molecular formula is C20H15ClF3N3O2S. The molecule has 1 saturated carbocycles. The van der Waals surface area contributed by atoms with Crippen LogP contribution in [-0.4, -0.2) is 22.4 Å². The Morgan fingerprint density at radius 1 is 1.03 bits per heavy atom. The lowest BCUT2D eigenvalue weighted by Crippen LogP contribution is -2.16. The van der Waals surface area contributed by atoms with Gasteiger partial charge in [0.25, 0.3) is 0 Å². The lowest BCUT2D eigenvalue weighted by Gasteiger charge is -2.10. The van der Waals surface area contributed by atoms with Crippen LogP contribution in [0.2, 0.25) is 5.02 Å². The summed E-state index contributed by atoms with van der Waals surface area (Å²) < 4.78 is 49.3. The highest BCUT2D eigenvalue weighted by Crippen LogP contribution is 2.35. The highest BCUT2D eigenvalue weighted by atomic mass is 35.5. The molecule has 0 atom stereocenters. The zero-order chi connectivity index (χ0) is 21.1. The van der Waals surface area contributed by atoms with Gasteiger partial charge >= 0.3 is 6.36 Å². The number of nitrogens with one attached hydrogen (secondary N) is 1. The maximum atomic E-state index is 12.2. The van der Waals surface area contributed by atoms with Crippen LogP contribution < -0.4 is 14.2 Å². The van der Waals surface area contributed by atoms with Crippen LogP contribution in [0.4, 0.5) is 19.0 Å². The van der Waals surface area contributed by atoms with Crippen molar-refractivity contribution >= 4 is 29.4 Å². The Morgan fingerprint density at radius 3 is 2.47 bits per heavy atom. The zero-order valence-electron chi connectivity index (χ0n) is 15.3. The van der Waals surface area contributed by atoms with E-state index in [4.69, 9.17) is 16.3 Å². The number of alkyl halides is 3. The number of hydrogen-bond acceptors (Lipinski definition) is 6. The number of ether oxygens (including phenoxy) is 2. The van der Waals surface area contributed by atoms with E-state index in [9.17, 15) is 13.2 Å². The molecule has 0 unspecified atom stereocenters. The summed E-state index contributed by atoms with van der Waals surface area (Å²) in [5.41, 5.74) is 1.48. The van der Waals surface area contributed by atoms with Gasteiger partial charge < -0.3 is 14.2 Å². The van der Waals surface area contributed by atoms with Crippen molar-refractivity contribution in [2.45, 2.75) is 30.2 Å². The van der Waals surface area contributed by atoms with E-state index in [1.165, 1.54) is 42.5 Å². The number of aromatic nitrogens is 2. The third-order valence-corrected chi connectivity index (χ3v) is 5.16. The molecule has 0 bridgehead atoms. The van der Waals surface area contributed by atoms with E-state index in [1.807, 2.05) is 12.1 Å². The monoisotopic (exact) mass is 453 g/mol. The third kappa shape index (κ3) is 5.70. The summed E-state index contributed by atoms with van der Waals surface area (Å²) in [6.07, 6.45) is -0.936. The van der Waals surface area contributed by atoms with Gasteiger partial charge in [-0.05, 0) is 67.3 Å². The molecule has 1 aromatic heterocycles. The summed E-state index contributed by atoms with van der Waals surface area (Å²) in [7, 11) is 0. The Morgan fingerprint density at radius 2 is 1.80 bits per heavy atom. The van der Waals surface area contributed by atoms with Gasteiger partial charge in [0.1, 0.15) is 23.6 Å². The van der Waals surface area contributed by atoms with Crippen molar-refractivity contribution < 1.29 is 22.6 Å². The van der Waals surface area contributed by atoms with Crippen molar-refractivity contribution in [2.24, 2.45) is 0 Å². The summed E-state index contributed by atoms with van der Waals surface area (Å²) in [6, 6.07) is 12.8. The molecule has 30 heavy (non-hydrogen) atoms. The number of hydrogen-bond donors (Lipinski definition) is 1. The molecule has 4 rings (SSSR count). The van der Waals surface area contributed by atoms with Crippen LogP contribution in [0.25, 0.3) is 11.3 Å².